The molecule has 19 heavy (non-hydrogen) atoms. The molecule has 0 amide bonds. The van der Waals surface area contributed by atoms with Crippen LogP contribution in [0.5, 0.6) is 5.75 Å². The summed E-state index contributed by atoms with van der Waals surface area (Å²) in [7, 11) is 0. The second kappa shape index (κ2) is 5.72. The molecule has 1 heterocycles. The van der Waals surface area contributed by atoms with Crippen molar-refractivity contribution < 1.29 is 14.3 Å². The van der Waals surface area contributed by atoms with E-state index in [1.54, 1.807) is 0 Å². The number of carbonyl (C=O) groups is 1. The van der Waals surface area contributed by atoms with Gasteiger partial charge in [0.2, 0.25) is 0 Å². The Hall–Kier alpha value is -1.39. The second-order valence-corrected chi connectivity index (χ2v) is 5.04. The number of carbonyl (C=O) groups excluding carboxylic acids is 1. The zero-order valence-corrected chi connectivity index (χ0v) is 11.1. The molecular formula is C15H19NO3. The molecule has 2 aliphatic rings. The van der Waals surface area contributed by atoms with Crippen LogP contribution in [0.4, 0.5) is 0 Å². The Morgan fingerprint density at radius 2 is 2.05 bits per heavy atom. The molecule has 0 saturated carbocycles. The van der Waals surface area contributed by atoms with Gasteiger partial charge in [0.1, 0.15) is 12.4 Å². The Morgan fingerprint density at radius 1 is 1.21 bits per heavy atom. The van der Waals surface area contributed by atoms with Crippen molar-refractivity contribution in [3.8, 4) is 5.75 Å². The highest BCUT2D eigenvalue weighted by Gasteiger charge is 2.19. The van der Waals surface area contributed by atoms with E-state index in [9.17, 15) is 4.79 Å². The molecule has 1 saturated heterocycles. The Bertz CT molecular complexity index is 466. The van der Waals surface area contributed by atoms with Crippen LogP contribution in [0.1, 0.15) is 22.3 Å². The second-order valence-electron chi connectivity index (χ2n) is 5.04. The number of hydrogen-bond donors (Lipinski definition) is 0. The molecule has 1 fully saturated rings. The average molecular weight is 261 g/mol. The lowest BCUT2D eigenvalue weighted by atomic mass is 10.1. The topological polar surface area (TPSA) is 38.8 Å². The minimum atomic E-state index is 0.259. The van der Waals surface area contributed by atoms with Crippen LogP contribution in [0.2, 0.25) is 0 Å². The number of morpholine rings is 1. The lowest BCUT2D eigenvalue weighted by Gasteiger charge is -2.26. The summed E-state index contributed by atoms with van der Waals surface area (Å²) >= 11 is 0. The van der Waals surface area contributed by atoms with Gasteiger partial charge in [-0.1, -0.05) is 0 Å². The maximum Gasteiger partial charge on any atom is 0.163 e. The summed E-state index contributed by atoms with van der Waals surface area (Å²) in [6.45, 7) is 5.23. The van der Waals surface area contributed by atoms with E-state index < -0.39 is 0 Å². The van der Waals surface area contributed by atoms with Crippen LogP contribution in [0.3, 0.4) is 0 Å². The van der Waals surface area contributed by atoms with Crippen LogP contribution in [0.15, 0.2) is 18.2 Å². The fourth-order valence-corrected chi connectivity index (χ4v) is 2.64. The third-order valence-electron chi connectivity index (χ3n) is 3.78. The SMILES string of the molecule is O=C1CCc2cc(OCCN3CCOCC3)ccc21. The molecule has 1 aliphatic heterocycles. The van der Waals surface area contributed by atoms with Crippen LogP contribution in [0.25, 0.3) is 0 Å². The first-order valence-electron chi connectivity index (χ1n) is 6.92. The van der Waals surface area contributed by atoms with Gasteiger partial charge in [-0.2, -0.15) is 0 Å². The van der Waals surface area contributed by atoms with Gasteiger partial charge in [0.15, 0.2) is 5.78 Å². The van der Waals surface area contributed by atoms with Crippen LogP contribution < -0.4 is 4.74 Å². The fraction of sp³-hybridized carbons (Fsp3) is 0.533. The van der Waals surface area contributed by atoms with Crippen molar-refractivity contribution in [1.82, 2.24) is 4.90 Å². The van der Waals surface area contributed by atoms with Crippen molar-refractivity contribution in [3.05, 3.63) is 29.3 Å². The molecule has 1 aromatic carbocycles. The van der Waals surface area contributed by atoms with Crippen molar-refractivity contribution in [2.45, 2.75) is 12.8 Å². The molecule has 0 bridgehead atoms. The molecule has 4 heteroatoms. The van der Waals surface area contributed by atoms with E-state index in [1.165, 1.54) is 0 Å². The zero-order valence-electron chi connectivity index (χ0n) is 11.1. The molecule has 0 unspecified atom stereocenters. The molecule has 4 nitrogen and oxygen atoms in total. The molecule has 1 aromatic rings. The highest BCUT2D eigenvalue weighted by Crippen LogP contribution is 2.26. The first kappa shape index (κ1) is 12.6. The van der Waals surface area contributed by atoms with Crippen molar-refractivity contribution >= 4 is 5.78 Å². The number of aryl methyl sites for hydroxylation is 1. The number of fused-ring (bicyclic) bond motifs is 1. The minimum absolute atomic E-state index is 0.259. The van der Waals surface area contributed by atoms with Crippen molar-refractivity contribution in [2.24, 2.45) is 0 Å². The van der Waals surface area contributed by atoms with E-state index in [0.717, 1.165) is 56.1 Å². The highest BCUT2D eigenvalue weighted by atomic mass is 16.5. The first-order chi connectivity index (χ1) is 9.33. The van der Waals surface area contributed by atoms with Gasteiger partial charge in [-0.15, -0.1) is 0 Å². The number of nitrogens with zero attached hydrogens (tertiary/aromatic N) is 1. The van der Waals surface area contributed by atoms with Crippen LogP contribution >= 0.6 is 0 Å². The largest absolute Gasteiger partial charge is 0.492 e. The molecule has 0 N–H and O–H groups in total. The summed E-state index contributed by atoms with van der Waals surface area (Å²) in [5, 5.41) is 0. The summed E-state index contributed by atoms with van der Waals surface area (Å²) in [5.41, 5.74) is 2.01. The van der Waals surface area contributed by atoms with Crippen molar-refractivity contribution in [2.75, 3.05) is 39.5 Å². The predicted octanol–water partition coefficient (Wildman–Crippen LogP) is 1.53. The van der Waals surface area contributed by atoms with Crippen molar-refractivity contribution in [1.29, 1.82) is 0 Å². The number of rotatable bonds is 4. The summed E-state index contributed by atoms with van der Waals surface area (Å²) in [5.74, 6) is 1.14. The van der Waals surface area contributed by atoms with Crippen LogP contribution in [-0.4, -0.2) is 50.1 Å². The molecule has 102 valence electrons. The summed E-state index contributed by atoms with van der Waals surface area (Å²) in [6, 6.07) is 5.82. The van der Waals surface area contributed by atoms with E-state index >= 15 is 0 Å². The van der Waals surface area contributed by atoms with E-state index in [-0.39, 0.29) is 5.78 Å². The van der Waals surface area contributed by atoms with Gasteiger partial charge < -0.3 is 9.47 Å². The molecular weight excluding hydrogens is 242 g/mol. The molecule has 0 spiro atoms. The fourth-order valence-electron chi connectivity index (χ4n) is 2.64. The van der Waals surface area contributed by atoms with Gasteiger partial charge in [-0.05, 0) is 30.2 Å². The first-order valence-corrected chi connectivity index (χ1v) is 6.92. The third kappa shape index (κ3) is 2.96. The lowest BCUT2D eigenvalue weighted by molar-refractivity contribution is 0.0322. The van der Waals surface area contributed by atoms with Crippen LogP contribution in [-0.2, 0) is 11.2 Å². The smallest absolute Gasteiger partial charge is 0.163 e. The van der Waals surface area contributed by atoms with E-state index in [0.29, 0.717) is 13.0 Å². The van der Waals surface area contributed by atoms with Gasteiger partial charge in [0.25, 0.3) is 0 Å². The Labute approximate surface area is 113 Å². The van der Waals surface area contributed by atoms with E-state index in [4.69, 9.17) is 9.47 Å². The lowest BCUT2D eigenvalue weighted by Crippen LogP contribution is -2.38. The van der Waals surface area contributed by atoms with Gasteiger partial charge >= 0.3 is 0 Å². The maximum atomic E-state index is 11.5. The zero-order chi connectivity index (χ0) is 13.1. The van der Waals surface area contributed by atoms with Gasteiger partial charge in [0.05, 0.1) is 13.2 Å². The minimum Gasteiger partial charge on any atom is -0.492 e. The van der Waals surface area contributed by atoms with Gasteiger partial charge in [-0.3, -0.25) is 9.69 Å². The number of benzene rings is 1. The van der Waals surface area contributed by atoms with E-state index in [2.05, 4.69) is 4.90 Å². The normalized spacial score (nSPS) is 19.5. The summed E-state index contributed by atoms with van der Waals surface area (Å²) in [6.07, 6.45) is 1.50. The third-order valence-corrected chi connectivity index (χ3v) is 3.78. The number of ether oxygens (including phenoxy) is 2. The van der Waals surface area contributed by atoms with Crippen LogP contribution in [0, 0.1) is 0 Å². The quantitative estimate of drug-likeness (QED) is 0.824. The summed E-state index contributed by atoms with van der Waals surface area (Å²) < 4.78 is 11.1. The number of Topliss-reactive ketones (excluding diaryl/α,β-unsaturated/α-hetero) is 1. The van der Waals surface area contributed by atoms with Gasteiger partial charge in [-0.25, -0.2) is 0 Å². The monoisotopic (exact) mass is 261 g/mol. The number of hydrogen-bond acceptors (Lipinski definition) is 4. The highest BCUT2D eigenvalue weighted by molar-refractivity contribution is 6.00. The predicted molar refractivity (Wildman–Crippen MR) is 71.8 cm³/mol. The average Bonchev–Trinajstić information content (AvgIpc) is 2.81. The van der Waals surface area contributed by atoms with Crippen molar-refractivity contribution in [3.63, 3.8) is 0 Å². The van der Waals surface area contributed by atoms with E-state index in [1.807, 2.05) is 18.2 Å². The Morgan fingerprint density at radius 3 is 2.89 bits per heavy atom. The molecule has 0 aromatic heterocycles. The molecule has 0 atom stereocenters. The summed E-state index contributed by atoms with van der Waals surface area (Å²) in [4.78, 5) is 13.9. The molecule has 0 radical (unpaired) electrons. The standard InChI is InChI=1S/C15H19NO3/c17-15-4-1-12-11-13(2-3-14(12)15)19-10-7-16-5-8-18-9-6-16/h2-3,11H,1,4-10H2. The number of ketones is 1. The Kier molecular flexibility index (Phi) is 3.80. The van der Waals surface area contributed by atoms with Gasteiger partial charge in [0, 0.05) is 31.6 Å². The maximum absolute atomic E-state index is 11.5. The molecule has 3 rings (SSSR count). The Balaban J connectivity index is 1.51. The molecule has 1 aliphatic carbocycles.